The van der Waals surface area contributed by atoms with Crippen molar-refractivity contribution in [3.63, 3.8) is 0 Å². The number of ether oxygens (including phenoxy) is 1. The summed E-state index contributed by atoms with van der Waals surface area (Å²) in [6, 6.07) is 0.437. The molecule has 1 heterocycles. The molecule has 1 N–H and O–H groups in total. The maximum atomic E-state index is 5.68. The Labute approximate surface area is 127 Å². The Balaban J connectivity index is 1.92. The molecule has 0 saturated heterocycles. The van der Waals surface area contributed by atoms with E-state index in [9.17, 15) is 0 Å². The molecule has 0 bridgehead atoms. The van der Waals surface area contributed by atoms with Gasteiger partial charge in [0.1, 0.15) is 5.69 Å². The van der Waals surface area contributed by atoms with E-state index in [0.29, 0.717) is 18.1 Å². The smallest absolute Gasteiger partial charge is 0.105 e. The topological polar surface area (TPSA) is 59.4 Å². The van der Waals surface area contributed by atoms with Crippen molar-refractivity contribution in [1.29, 1.82) is 0 Å². The SMILES string of the molecule is CCO[C@H]1CC[C@H](N/N=C(/c2cnccn2)C(C)C)CC1. The number of hydrogen-bond donors (Lipinski definition) is 1. The lowest BCUT2D eigenvalue weighted by molar-refractivity contribution is 0.0305. The monoisotopic (exact) mass is 290 g/mol. The van der Waals surface area contributed by atoms with Crippen LogP contribution in [0.4, 0.5) is 0 Å². The molecule has 1 aromatic rings. The van der Waals surface area contributed by atoms with E-state index in [1.807, 2.05) is 0 Å². The van der Waals surface area contributed by atoms with Crippen molar-refractivity contribution >= 4 is 5.71 Å². The molecular formula is C16H26N4O. The highest BCUT2D eigenvalue weighted by molar-refractivity contribution is 5.99. The minimum absolute atomic E-state index is 0.314. The van der Waals surface area contributed by atoms with Crippen LogP contribution in [0, 0.1) is 5.92 Å². The van der Waals surface area contributed by atoms with Crippen LogP contribution in [0.25, 0.3) is 0 Å². The predicted octanol–water partition coefficient (Wildman–Crippen LogP) is 2.77. The zero-order valence-electron chi connectivity index (χ0n) is 13.2. The Morgan fingerprint density at radius 2 is 2.10 bits per heavy atom. The van der Waals surface area contributed by atoms with Gasteiger partial charge in [-0.1, -0.05) is 13.8 Å². The van der Waals surface area contributed by atoms with Crippen molar-refractivity contribution < 1.29 is 4.74 Å². The summed E-state index contributed by atoms with van der Waals surface area (Å²) in [4.78, 5) is 8.47. The number of nitrogens with zero attached hydrogens (tertiary/aromatic N) is 3. The molecule has 0 unspecified atom stereocenters. The van der Waals surface area contributed by atoms with E-state index in [2.05, 4.69) is 41.3 Å². The van der Waals surface area contributed by atoms with E-state index in [-0.39, 0.29) is 0 Å². The van der Waals surface area contributed by atoms with Crippen molar-refractivity contribution in [1.82, 2.24) is 15.4 Å². The standard InChI is InChI=1S/C16H26N4O/c1-4-21-14-7-5-13(6-8-14)19-20-16(12(2)3)15-11-17-9-10-18-15/h9-14,19H,4-8H2,1-3H3/b20-16+/t13-,14-. The first-order chi connectivity index (χ1) is 10.2. The third kappa shape index (κ3) is 4.77. The van der Waals surface area contributed by atoms with Crippen LogP contribution in [0.5, 0.6) is 0 Å². The van der Waals surface area contributed by atoms with E-state index in [1.54, 1.807) is 18.6 Å². The minimum atomic E-state index is 0.314. The lowest BCUT2D eigenvalue weighted by atomic mass is 9.93. The quantitative estimate of drug-likeness (QED) is 0.646. The number of nitrogens with one attached hydrogen (secondary N) is 1. The Morgan fingerprint density at radius 1 is 1.33 bits per heavy atom. The van der Waals surface area contributed by atoms with Crippen molar-refractivity contribution in [3.8, 4) is 0 Å². The summed E-state index contributed by atoms with van der Waals surface area (Å²) in [6.07, 6.45) is 10.0. The van der Waals surface area contributed by atoms with E-state index >= 15 is 0 Å². The third-order valence-electron chi connectivity index (χ3n) is 3.82. The summed E-state index contributed by atoms with van der Waals surface area (Å²) in [5.74, 6) is 0.314. The molecule has 0 aliphatic heterocycles. The van der Waals surface area contributed by atoms with Crippen LogP contribution in [0.1, 0.15) is 52.1 Å². The second kappa shape index (κ2) is 8.08. The van der Waals surface area contributed by atoms with Gasteiger partial charge in [-0.15, -0.1) is 0 Å². The summed E-state index contributed by atoms with van der Waals surface area (Å²) < 4.78 is 5.68. The molecule has 0 amide bonds. The summed E-state index contributed by atoms with van der Waals surface area (Å²) in [6.45, 7) is 7.12. The molecule has 0 atom stereocenters. The molecule has 5 heteroatoms. The normalized spacial score (nSPS) is 23.3. The van der Waals surface area contributed by atoms with Crippen molar-refractivity contribution in [2.75, 3.05) is 6.61 Å². The summed E-state index contributed by atoms with van der Waals surface area (Å²) in [5.41, 5.74) is 5.15. The Kier molecular flexibility index (Phi) is 6.11. The molecule has 0 aromatic carbocycles. The van der Waals surface area contributed by atoms with Crippen LogP contribution in [-0.4, -0.2) is 34.4 Å². The average molecular weight is 290 g/mol. The zero-order valence-corrected chi connectivity index (χ0v) is 13.2. The van der Waals surface area contributed by atoms with Crippen molar-refractivity contribution in [3.05, 3.63) is 24.3 Å². The largest absolute Gasteiger partial charge is 0.379 e. The van der Waals surface area contributed by atoms with Crippen LogP contribution in [-0.2, 0) is 4.74 Å². The van der Waals surface area contributed by atoms with Gasteiger partial charge >= 0.3 is 0 Å². The van der Waals surface area contributed by atoms with Gasteiger partial charge in [0, 0.05) is 25.0 Å². The van der Waals surface area contributed by atoms with E-state index in [4.69, 9.17) is 4.74 Å². The lowest BCUT2D eigenvalue weighted by Gasteiger charge is -2.28. The number of hydrogen-bond acceptors (Lipinski definition) is 5. The van der Waals surface area contributed by atoms with Gasteiger partial charge in [-0.25, -0.2) is 0 Å². The average Bonchev–Trinajstić information content (AvgIpc) is 2.50. The zero-order chi connectivity index (χ0) is 15.1. The van der Waals surface area contributed by atoms with E-state index in [0.717, 1.165) is 43.7 Å². The fourth-order valence-electron chi connectivity index (χ4n) is 2.67. The van der Waals surface area contributed by atoms with Crippen molar-refractivity contribution in [2.24, 2.45) is 11.0 Å². The molecule has 2 rings (SSSR count). The van der Waals surface area contributed by atoms with Crippen LogP contribution in [0.3, 0.4) is 0 Å². The molecule has 1 fully saturated rings. The Bertz CT molecular complexity index is 439. The first kappa shape index (κ1) is 15.9. The van der Waals surface area contributed by atoms with Gasteiger partial charge < -0.3 is 10.2 Å². The maximum absolute atomic E-state index is 5.68. The maximum Gasteiger partial charge on any atom is 0.105 e. The van der Waals surface area contributed by atoms with Gasteiger partial charge in [0.25, 0.3) is 0 Å². The summed E-state index contributed by atoms with van der Waals surface area (Å²) >= 11 is 0. The van der Waals surface area contributed by atoms with Gasteiger partial charge in [-0.05, 0) is 38.5 Å². The van der Waals surface area contributed by atoms with Crippen molar-refractivity contribution in [2.45, 2.75) is 58.6 Å². The molecule has 1 aromatic heterocycles. The van der Waals surface area contributed by atoms with Gasteiger partial charge in [0.05, 0.1) is 18.0 Å². The summed E-state index contributed by atoms with van der Waals surface area (Å²) in [5, 5.41) is 4.61. The predicted molar refractivity (Wildman–Crippen MR) is 84.2 cm³/mol. The molecule has 116 valence electrons. The lowest BCUT2D eigenvalue weighted by Crippen LogP contribution is -2.33. The fraction of sp³-hybridized carbons (Fsp3) is 0.688. The van der Waals surface area contributed by atoms with Crippen LogP contribution in [0.2, 0.25) is 0 Å². The van der Waals surface area contributed by atoms with E-state index < -0.39 is 0 Å². The highest BCUT2D eigenvalue weighted by atomic mass is 16.5. The molecule has 1 aliphatic carbocycles. The first-order valence-corrected chi connectivity index (χ1v) is 7.91. The number of aromatic nitrogens is 2. The van der Waals surface area contributed by atoms with Gasteiger partial charge in [-0.2, -0.15) is 5.10 Å². The van der Waals surface area contributed by atoms with Gasteiger partial charge in [-0.3, -0.25) is 9.97 Å². The van der Waals surface area contributed by atoms with E-state index in [1.165, 1.54) is 0 Å². The fourth-order valence-corrected chi connectivity index (χ4v) is 2.67. The number of hydrazone groups is 1. The molecule has 5 nitrogen and oxygen atoms in total. The first-order valence-electron chi connectivity index (χ1n) is 7.91. The molecule has 0 spiro atoms. The minimum Gasteiger partial charge on any atom is -0.379 e. The molecule has 0 radical (unpaired) electrons. The molecule has 1 aliphatic rings. The van der Waals surface area contributed by atoms with Crippen LogP contribution in [0.15, 0.2) is 23.7 Å². The second-order valence-electron chi connectivity index (χ2n) is 5.80. The molecule has 21 heavy (non-hydrogen) atoms. The van der Waals surface area contributed by atoms with Gasteiger partial charge in [0.15, 0.2) is 0 Å². The van der Waals surface area contributed by atoms with Crippen LogP contribution >= 0.6 is 0 Å². The molecule has 1 saturated carbocycles. The summed E-state index contributed by atoms with van der Waals surface area (Å²) in [7, 11) is 0. The number of rotatable bonds is 6. The molecular weight excluding hydrogens is 264 g/mol. The third-order valence-corrected chi connectivity index (χ3v) is 3.82. The Morgan fingerprint density at radius 3 is 2.67 bits per heavy atom. The highest BCUT2D eigenvalue weighted by Crippen LogP contribution is 2.21. The second-order valence-corrected chi connectivity index (χ2v) is 5.80. The Hall–Kier alpha value is -1.49. The van der Waals surface area contributed by atoms with Gasteiger partial charge in [0.2, 0.25) is 0 Å². The van der Waals surface area contributed by atoms with Crippen LogP contribution < -0.4 is 5.43 Å². The highest BCUT2D eigenvalue weighted by Gasteiger charge is 2.21.